The van der Waals surface area contributed by atoms with E-state index in [1.807, 2.05) is 6.26 Å². The molecule has 1 rings (SSSR count). The lowest BCUT2D eigenvalue weighted by molar-refractivity contribution is -0.134. The SMILES string of the molecule is CSCC[C@H](N)C(=O)N[C@@H](CCCNC(=N)N)C(=O)N(C(=O)OC(C)(C)C)C(=O)c1ccccc1C=O. The number of nitrogens with zero attached hydrogens (tertiary/aromatic N) is 1. The first-order valence-corrected chi connectivity index (χ1v) is 13.0. The van der Waals surface area contributed by atoms with E-state index >= 15 is 0 Å². The van der Waals surface area contributed by atoms with E-state index in [4.69, 9.17) is 21.6 Å². The van der Waals surface area contributed by atoms with Gasteiger partial charge in [0.05, 0.1) is 11.6 Å². The Morgan fingerprint density at radius 3 is 2.41 bits per heavy atom. The summed E-state index contributed by atoms with van der Waals surface area (Å²) in [5.74, 6) is -2.41. The predicted octanol–water partition coefficient (Wildman–Crippen LogP) is 1.23. The average molecular weight is 537 g/mol. The van der Waals surface area contributed by atoms with Gasteiger partial charge in [-0.25, -0.2) is 4.79 Å². The number of carbonyl (C=O) groups is 5. The fourth-order valence-electron chi connectivity index (χ4n) is 3.09. The fourth-order valence-corrected chi connectivity index (χ4v) is 3.58. The number of nitrogens with one attached hydrogen (secondary N) is 3. The molecule has 0 radical (unpaired) electrons. The molecule has 13 heteroatoms. The normalized spacial score (nSPS) is 12.6. The van der Waals surface area contributed by atoms with Crippen molar-refractivity contribution < 1.29 is 28.7 Å². The number of rotatable bonds is 12. The van der Waals surface area contributed by atoms with Crippen LogP contribution in [0.25, 0.3) is 0 Å². The van der Waals surface area contributed by atoms with E-state index in [0.717, 1.165) is 0 Å². The van der Waals surface area contributed by atoms with Gasteiger partial charge in [0.1, 0.15) is 11.6 Å². The first-order chi connectivity index (χ1) is 17.3. The Labute approximate surface area is 220 Å². The molecule has 0 unspecified atom stereocenters. The molecule has 12 nitrogen and oxygen atoms in total. The summed E-state index contributed by atoms with van der Waals surface area (Å²) in [7, 11) is 0. The van der Waals surface area contributed by atoms with Gasteiger partial charge in [0.15, 0.2) is 12.2 Å². The van der Waals surface area contributed by atoms with Gasteiger partial charge in [-0.1, -0.05) is 18.2 Å². The Morgan fingerprint density at radius 1 is 1.19 bits per heavy atom. The maximum absolute atomic E-state index is 13.7. The standard InChI is InChI=1S/C24H36N6O6S/c1-24(2,3)36-23(35)30(20(33)16-9-6-5-8-15(16)14-31)21(34)18(10-7-12-28-22(26)27)29-19(32)17(25)11-13-37-4/h5-6,8-9,14,17-18H,7,10-13,25H2,1-4H3,(H,29,32)(H4,26,27,28)/t17-,18-/m0/s1. The third-order valence-corrected chi connectivity index (χ3v) is 5.53. The van der Waals surface area contributed by atoms with E-state index in [0.29, 0.717) is 23.4 Å². The third-order valence-electron chi connectivity index (χ3n) is 4.89. The van der Waals surface area contributed by atoms with Crippen LogP contribution in [0.4, 0.5) is 4.79 Å². The molecule has 0 saturated heterocycles. The zero-order valence-electron chi connectivity index (χ0n) is 21.5. The molecule has 0 bridgehead atoms. The van der Waals surface area contributed by atoms with E-state index in [1.54, 1.807) is 20.8 Å². The summed E-state index contributed by atoms with van der Waals surface area (Å²) in [6.07, 6.45) is 1.62. The molecule has 37 heavy (non-hydrogen) atoms. The number of carbonyl (C=O) groups excluding carboxylic acids is 5. The van der Waals surface area contributed by atoms with Crippen molar-refractivity contribution in [1.82, 2.24) is 15.5 Å². The van der Waals surface area contributed by atoms with Gasteiger partial charge in [-0.05, 0) is 58.1 Å². The predicted molar refractivity (Wildman–Crippen MR) is 141 cm³/mol. The number of benzene rings is 1. The molecule has 0 aliphatic heterocycles. The summed E-state index contributed by atoms with van der Waals surface area (Å²) < 4.78 is 5.31. The Morgan fingerprint density at radius 2 is 1.84 bits per heavy atom. The van der Waals surface area contributed by atoms with E-state index in [9.17, 15) is 24.0 Å². The molecular formula is C24H36N6O6S. The smallest absolute Gasteiger partial charge is 0.424 e. The lowest BCUT2D eigenvalue weighted by Crippen LogP contribution is -2.56. The van der Waals surface area contributed by atoms with Crippen molar-refractivity contribution in [2.45, 2.75) is 57.7 Å². The van der Waals surface area contributed by atoms with Crippen LogP contribution in [0.15, 0.2) is 24.3 Å². The van der Waals surface area contributed by atoms with Gasteiger partial charge in [-0.3, -0.25) is 24.6 Å². The summed E-state index contributed by atoms with van der Waals surface area (Å²) in [6, 6.07) is 3.44. The van der Waals surface area contributed by atoms with E-state index in [2.05, 4.69) is 10.6 Å². The van der Waals surface area contributed by atoms with Crippen LogP contribution in [-0.2, 0) is 14.3 Å². The van der Waals surface area contributed by atoms with Crippen LogP contribution in [0.1, 0.15) is 60.7 Å². The van der Waals surface area contributed by atoms with Crippen LogP contribution < -0.4 is 22.1 Å². The van der Waals surface area contributed by atoms with Gasteiger partial charge in [0.25, 0.3) is 11.8 Å². The van der Waals surface area contributed by atoms with Crippen LogP contribution in [0.3, 0.4) is 0 Å². The van der Waals surface area contributed by atoms with Crippen LogP contribution in [-0.4, -0.2) is 77.2 Å². The minimum atomic E-state index is -1.33. The van der Waals surface area contributed by atoms with E-state index in [-0.39, 0.29) is 36.5 Å². The Balaban J connectivity index is 3.39. The molecule has 2 atom stereocenters. The van der Waals surface area contributed by atoms with Gasteiger partial charge in [-0.2, -0.15) is 16.7 Å². The highest BCUT2D eigenvalue weighted by Crippen LogP contribution is 2.17. The molecular weight excluding hydrogens is 500 g/mol. The largest absolute Gasteiger partial charge is 0.443 e. The molecule has 0 fully saturated rings. The van der Waals surface area contributed by atoms with Gasteiger partial charge in [0, 0.05) is 12.1 Å². The number of nitrogens with two attached hydrogens (primary N) is 2. The van der Waals surface area contributed by atoms with Crippen molar-refractivity contribution in [2.24, 2.45) is 11.5 Å². The Bertz CT molecular complexity index is 996. The molecule has 4 amide bonds. The Kier molecular flexibility index (Phi) is 12.8. The summed E-state index contributed by atoms with van der Waals surface area (Å²) in [6.45, 7) is 4.89. The molecule has 0 aromatic heterocycles. The van der Waals surface area contributed by atoms with E-state index in [1.165, 1.54) is 36.0 Å². The second kappa shape index (κ2) is 15.0. The third kappa shape index (κ3) is 10.6. The van der Waals surface area contributed by atoms with Gasteiger partial charge in [0.2, 0.25) is 5.91 Å². The average Bonchev–Trinajstić information content (AvgIpc) is 2.82. The minimum absolute atomic E-state index is 0.0119. The minimum Gasteiger partial charge on any atom is -0.443 e. The molecule has 0 spiro atoms. The van der Waals surface area contributed by atoms with Crippen molar-refractivity contribution in [3.63, 3.8) is 0 Å². The molecule has 7 N–H and O–H groups in total. The molecule has 0 saturated carbocycles. The van der Waals surface area contributed by atoms with Crippen LogP contribution >= 0.6 is 11.8 Å². The zero-order valence-corrected chi connectivity index (χ0v) is 22.4. The first-order valence-electron chi connectivity index (χ1n) is 11.6. The Hall–Kier alpha value is -3.45. The number of thioether (sulfide) groups is 1. The molecule has 1 aromatic rings. The number of guanidine groups is 1. The van der Waals surface area contributed by atoms with Gasteiger partial charge < -0.3 is 26.8 Å². The quantitative estimate of drug-likeness (QED) is 0.112. The number of aldehydes is 1. The maximum Gasteiger partial charge on any atom is 0.424 e. The summed E-state index contributed by atoms with van der Waals surface area (Å²) in [5, 5.41) is 12.4. The maximum atomic E-state index is 13.7. The van der Waals surface area contributed by atoms with Crippen molar-refractivity contribution in [3.8, 4) is 0 Å². The van der Waals surface area contributed by atoms with Crippen molar-refractivity contribution in [2.75, 3.05) is 18.6 Å². The number of imide groups is 3. The molecule has 0 heterocycles. The highest BCUT2D eigenvalue weighted by molar-refractivity contribution is 7.98. The van der Waals surface area contributed by atoms with E-state index < -0.39 is 41.5 Å². The highest BCUT2D eigenvalue weighted by Gasteiger charge is 2.39. The highest BCUT2D eigenvalue weighted by atomic mass is 32.2. The zero-order chi connectivity index (χ0) is 28.2. The van der Waals surface area contributed by atoms with Crippen LogP contribution in [0, 0.1) is 5.41 Å². The monoisotopic (exact) mass is 536 g/mol. The van der Waals surface area contributed by atoms with Crippen LogP contribution in [0.5, 0.6) is 0 Å². The summed E-state index contributed by atoms with van der Waals surface area (Å²) >= 11 is 1.50. The molecule has 204 valence electrons. The number of hydrogen-bond acceptors (Lipinski definition) is 9. The summed E-state index contributed by atoms with van der Waals surface area (Å²) in [4.78, 5) is 64.7. The van der Waals surface area contributed by atoms with Crippen LogP contribution in [0.2, 0.25) is 0 Å². The molecule has 1 aromatic carbocycles. The molecule has 0 aliphatic rings. The second-order valence-corrected chi connectivity index (χ2v) is 10.1. The molecule has 0 aliphatic carbocycles. The lowest BCUT2D eigenvalue weighted by Gasteiger charge is -2.29. The van der Waals surface area contributed by atoms with Gasteiger partial charge >= 0.3 is 6.09 Å². The number of ether oxygens (including phenoxy) is 1. The van der Waals surface area contributed by atoms with Gasteiger partial charge in [-0.15, -0.1) is 0 Å². The summed E-state index contributed by atoms with van der Waals surface area (Å²) in [5.41, 5.74) is 9.97. The van der Waals surface area contributed by atoms with Crippen molar-refractivity contribution in [1.29, 1.82) is 5.41 Å². The van der Waals surface area contributed by atoms with Crippen molar-refractivity contribution in [3.05, 3.63) is 35.4 Å². The number of amides is 4. The second-order valence-electron chi connectivity index (χ2n) is 9.10. The fraction of sp³-hybridized carbons (Fsp3) is 0.500. The topological polar surface area (TPSA) is 198 Å². The first kappa shape index (κ1) is 31.6. The number of hydrogen-bond donors (Lipinski definition) is 5. The lowest BCUT2D eigenvalue weighted by atomic mass is 10.1. The van der Waals surface area contributed by atoms with Crippen molar-refractivity contribution >= 4 is 47.8 Å².